The zero-order chi connectivity index (χ0) is 14.8. The SMILES string of the molecule is CCCCC1CCC(C(=O)N2CC(N)(C(C)C)C2)CC1. The Morgan fingerprint density at radius 2 is 1.85 bits per heavy atom. The van der Waals surface area contributed by atoms with Gasteiger partial charge in [0.05, 0.1) is 5.54 Å². The van der Waals surface area contributed by atoms with Gasteiger partial charge in [-0.2, -0.15) is 0 Å². The van der Waals surface area contributed by atoms with Crippen molar-refractivity contribution in [2.45, 2.75) is 71.3 Å². The molecule has 1 aliphatic heterocycles. The predicted molar refractivity (Wildman–Crippen MR) is 83.3 cm³/mol. The van der Waals surface area contributed by atoms with Gasteiger partial charge in [-0.15, -0.1) is 0 Å². The number of nitrogens with two attached hydrogens (primary N) is 1. The molecule has 1 aliphatic carbocycles. The molecular formula is C17H32N2O. The fourth-order valence-electron chi connectivity index (χ4n) is 3.63. The van der Waals surface area contributed by atoms with Gasteiger partial charge in [-0.1, -0.05) is 40.0 Å². The largest absolute Gasteiger partial charge is 0.339 e. The molecule has 116 valence electrons. The van der Waals surface area contributed by atoms with Gasteiger partial charge >= 0.3 is 0 Å². The average molecular weight is 280 g/mol. The summed E-state index contributed by atoms with van der Waals surface area (Å²) >= 11 is 0. The Balaban J connectivity index is 1.74. The molecule has 20 heavy (non-hydrogen) atoms. The van der Waals surface area contributed by atoms with Gasteiger partial charge < -0.3 is 10.6 Å². The Hall–Kier alpha value is -0.570. The summed E-state index contributed by atoms with van der Waals surface area (Å²) in [5.41, 5.74) is 6.16. The highest BCUT2D eigenvalue weighted by Gasteiger charge is 2.45. The summed E-state index contributed by atoms with van der Waals surface area (Å²) in [6, 6.07) is 0. The molecule has 1 amide bonds. The normalized spacial score (nSPS) is 29.4. The van der Waals surface area contributed by atoms with E-state index in [0.29, 0.717) is 11.8 Å². The third-order valence-corrected chi connectivity index (χ3v) is 5.59. The molecule has 1 saturated heterocycles. The zero-order valence-corrected chi connectivity index (χ0v) is 13.5. The first kappa shape index (κ1) is 15.8. The Morgan fingerprint density at radius 3 is 2.35 bits per heavy atom. The van der Waals surface area contributed by atoms with E-state index in [4.69, 9.17) is 5.73 Å². The molecule has 2 N–H and O–H groups in total. The molecule has 0 radical (unpaired) electrons. The van der Waals surface area contributed by atoms with Gasteiger partial charge in [0.2, 0.25) is 5.91 Å². The number of nitrogens with zero attached hydrogens (tertiary/aromatic N) is 1. The van der Waals surface area contributed by atoms with E-state index < -0.39 is 0 Å². The lowest BCUT2D eigenvalue weighted by molar-refractivity contribution is -0.146. The lowest BCUT2D eigenvalue weighted by Gasteiger charge is -2.51. The van der Waals surface area contributed by atoms with Crippen LogP contribution in [0.2, 0.25) is 0 Å². The van der Waals surface area contributed by atoms with Crippen LogP contribution in [0.25, 0.3) is 0 Å². The molecular weight excluding hydrogens is 248 g/mol. The second-order valence-electron chi connectivity index (χ2n) is 7.44. The Kier molecular flexibility index (Phi) is 5.11. The summed E-state index contributed by atoms with van der Waals surface area (Å²) in [6.45, 7) is 8.09. The minimum atomic E-state index is -0.131. The van der Waals surface area contributed by atoms with Crippen molar-refractivity contribution >= 4 is 5.91 Å². The molecule has 0 aromatic heterocycles. The molecule has 0 spiro atoms. The van der Waals surface area contributed by atoms with Gasteiger partial charge in [0.25, 0.3) is 0 Å². The number of hydrogen-bond donors (Lipinski definition) is 1. The third-order valence-electron chi connectivity index (χ3n) is 5.59. The standard InChI is InChI=1S/C17H32N2O/c1-4-5-6-14-7-9-15(10-8-14)16(20)19-11-17(18,12-19)13(2)3/h13-15H,4-12,18H2,1-3H3. The van der Waals surface area contributed by atoms with Crippen molar-refractivity contribution < 1.29 is 4.79 Å². The summed E-state index contributed by atoms with van der Waals surface area (Å²) in [7, 11) is 0. The van der Waals surface area contributed by atoms with Crippen LogP contribution in [0.1, 0.15) is 65.7 Å². The molecule has 2 rings (SSSR count). The maximum absolute atomic E-state index is 12.5. The molecule has 2 fully saturated rings. The van der Waals surface area contributed by atoms with Crippen LogP contribution in [0.3, 0.4) is 0 Å². The number of carbonyl (C=O) groups excluding carboxylic acids is 1. The maximum Gasteiger partial charge on any atom is 0.225 e. The average Bonchev–Trinajstić information content (AvgIpc) is 2.41. The first-order chi connectivity index (χ1) is 9.46. The number of carbonyl (C=O) groups is 1. The van der Waals surface area contributed by atoms with Crippen molar-refractivity contribution in [3.05, 3.63) is 0 Å². The van der Waals surface area contributed by atoms with Crippen LogP contribution in [0.15, 0.2) is 0 Å². The lowest BCUT2D eigenvalue weighted by Crippen LogP contribution is -2.71. The minimum absolute atomic E-state index is 0.131. The first-order valence-corrected chi connectivity index (χ1v) is 8.54. The second-order valence-corrected chi connectivity index (χ2v) is 7.44. The van der Waals surface area contributed by atoms with E-state index in [1.54, 1.807) is 0 Å². The number of hydrogen-bond acceptors (Lipinski definition) is 2. The van der Waals surface area contributed by atoms with Crippen LogP contribution in [0, 0.1) is 17.8 Å². The van der Waals surface area contributed by atoms with Gasteiger partial charge in [0.15, 0.2) is 0 Å². The van der Waals surface area contributed by atoms with Crippen molar-refractivity contribution in [1.82, 2.24) is 4.90 Å². The molecule has 0 aromatic rings. The van der Waals surface area contributed by atoms with Crippen LogP contribution >= 0.6 is 0 Å². The molecule has 0 bridgehead atoms. The monoisotopic (exact) mass is 280 g/mol. The van der Waals surface area contributed by atoms with E-state index >= 15 is 0 Å². The van der Waals surface area contributed by atoms with E-state index in [1.807, 2.05) is 4.90 Å². The van der Waals surface area contributed by atoms with Crippen molar-refractivity contribution in [1.29, 1.82) is 0 Å². The van der Waals surface area contributed by atoms with Crippen molar-refractivity contribution in [3.8, 4) is 0 Å². The fourth-order valence-corrected chi connectivity index (χ4v) is 3.63. The summed E-state index contributed by atoms with van der Waals surface area (Å²) in [6.07, 6.45) is 8.70. The lowest BCUT2D eigenvalue weighted by atomic mass is 9.76. The van der Waals surface area contributed by atoms with Crippen LogP contribution in [0.5, 0.6) is 0 Å². The van der Waals surface area contributed by atoms with E-state index in [0.717, 1.165) is 31.8 Å². The molecule has 0 unspecified atom stereocenters. The molecule has 2 aliphatic rings. The van der Waals surface area contributed by atoms with Crippen molar-refractivity contribution in [3.63, 3.8) is 0 Å². The van der Waals surface area contributed by atoms with Crippen LogP contribution in [-0.2, 0) is 4.79 Å². The molecule has 1 saturated carbocycles. The van der Waals surface area contributed by atoms with Crippen LogP contribution in [0.4, 0.5) is 0 Å². The quantitative estimate of drug-likeness (QED) is 0.840. The van der Waals surface area contributed by atoms with E-state index in [1.165, 1.54) is 32.1 Å². The third kappa shape index (κ3) is 3.36. The highest BCUT2D eigenvalue weighted by Crippen LogP contribution is 2.35. The molecule has 0 atom stereocenters. The molecule has 0 aromatic carbocycles. The van der Waals surface area contributed by atoms with E-state index in [9.17, 15) is 4.79 Å². The fraction of sp³-hybridized carbons (Fsp3) is 0.941. The van der Waals surface area contributed by atoms with Gasteiger partial charge in [0.1, 0.15) is 0 Å². The van der Waals surface area contributed by atoms with Gasteiger partial charge in [0, 0.05) is 19.0 Å². The van der Waals surface area contributed by atoms with E-state index in [-0.39, 0.29) is 11.5 Å². The maximum atomic E-state index is 12.5. The predicted octanol–water partition coefficient (Wildman–Crippen LogP) is 3.18. The van der Waals surface area contributed by atoms with Crippen molar-refractivity contribution in [2.24, 2.45) is 23.5 Å². The summed E-state index contributed by atoms with van der Waals surface area (Å²) in [5, 5.41) is 0. The highest BCUT2D eigenvalue weighted by atomic mass is 16.2. The van der Waals surface area contributed by atoms with Crippen LogP contribution in [-0.4, -0.2) is 29.4 Å². The summed E-state index contributed by atoms with van der Waals surface area (Å²) < 4.78 is 0. The minimum Gasteiger partial charge on any atom is -0.339 e. The Morgan fingerprint density at radius 1 is 1.25 bits per heavy atom. The number of amides is 1. The van der Waals surface area contributed by atoms with Crippen LogP contribution < -0.4 is 5.73 Å². The first-order valence-electron chi connectivity index (χ1n) is 8.54. The van der Waals surface area contributed by atoms with Gasteiger partial charge in [-0.25, -0.2) is 0 Å². The smallest absolute Gasteiger partial charge is 0.225 e. The Bertz CT molecular complexity index is 326. The molecule has 1 heterocycles. The summed E-state index contributed by atoms with van der Waals surface area (Å²) in [4.78, 5) is 14.5. The van der Waals surface area contributed by atoms with Crippen molar-refractivity contribution in [2.75, 3.05) is 13.1 Å². The zero-order valence-electron chi connectivity index (χ0n) is 13.5. The molecule has 3 heteroatoms. The molecule has 3 nitrogen and oxygen atoms in total. The number of likely N-dealkylation sites (tertiary alicyclic amines) is 1. The number of rotatable bonds is 5. The number of unbranched alkanes of at least 4 members (excludes halogenated alkanes) is 1. The highest BCUT2D eigenvalue weighted by molar-refractivity contribution is 5.80. The second kappa shape index (κ2) is 6.46. The van der Waals surface area contributed by atoms with E-state index in [2.05, 4.69) is 20.8 Å². The summed E-state index contributed by atoms with van der Waals surface area (Å²) in [5.74, 6) is 1.99. The topological polar surface area (TPSA) is 46.3 Å². The Labute approximate surface area is 124 Å². The van der Waals surface area contributed by atoms with Gasteiger partial charge in [-0.05, 0) is 37.5 Å². The van der Waals surface area contributed by atoms with Gasteiger partial charge in [-0.3, -0.25) is 4.79 Å².